The van der Waals surface area contributed by atoms with Crippen LogP contribution in [0, 0.1) is 6.92 Å². The van der Waals surface area contributed by atoms with Gasteiger partial charge in [0.15, 0.2) is 0 Å². The molecule has 0 aromatic carbocycles. The summed E-state index contributed by atoms with van der Waals surface area (Å²) in [7, 11) is 10.8. The van der Waals surface area contributed by atoms with E-state index in [1.165, 1.54) is 37.2 Å². The predicted octanol–water partition coefficient (Wildman–Crippen LogP) is -3.89. The maximum Gasteiger partial charge on any atom is 0.128 e. The van der Waals surface area contributed by atoms with Crippen molar-refractivity contribution in [2.45, 2.75) is 20.8 Å². The Morgan fingerprint density at radius 1 is 0.810 bits per heavy atom. The van der Waals surface area contributed by atoms with E-state index in [4.69, 9.17) is 0 Å². The summed E-state index contributed by atoms with van der Waals surface area (Å²) in [5.41, 5.74) is 0. The lowest BCUT2D eigenvalue weighted by Crippen LogP contribution is -3.00. The van der Waals surface area contributed by atoms with Gasteiger partial charge >= 0.3 is 0 Å². The van der Waals surface area contributed by atoms with Crippen LogP contribution in [0.15, 0.2) is 0 Å². The van der Waals surface area contributed by atoms with E-state index in [2.05, 4.69) is 48.8 Å². The molecule has 0 spiro atoms. The van der Waals surface area contributed by atoms with Crippen LogP contribution in [-0.4, -0.2) is 88.4 Å². The smallest absolute Gasteiger partial charge is 0.128 e. The summed E-state index contributed by atoms with van der Waals surface area (Å²) in [5, 5.41) is 0. The molecule has 0 heterocycles. The molecule has 0 aliphatic rings. The van der Waals surface area contributed by atoms with E-state index in [1.54, 1.807) is 0 Å². The number of hydrogen-bond acceptors (Lipinski definition) is 1. The van der Waals surface area contributed by atoms with Crippen molar-refractivity contribution in [3.63, 3.8) is 0 Å². The topological polar surface area (TPSA) is 3.24 Å². The van der Waals surface area contributed by atoms with E-state index in [0.29, 0.717) is 0 Å². The molecule has 0 atom stereocenters. The molecule has 0 aliphatic heterocycles. The highest BCUT2D eigenvalue weighted by molar-refractivity contribution is 4.39. The van der Waals surface area contributed by atoms with Crippen LogP contribution in [-0.2, 0) is 0 Å². The Balaban J connectivity index is -0.0000000933. The van der Waals surface area contributed by atoms with Crippen molar-refractivity contribution in [2.75, 3.05) is 74.5 Å². The zero-order chi connectivity index (χ0) is 14.8. The van der Waals surface area contributed by atoms with Crippen molar-refractivity contribution in [1.82, 2.24) is 4.90 Å². The first kappa shape index (κ1) is 32.6. The van der Waals surface area contributed by atoms with Crippen LogP contribution in [0.4, 0.5) is 4.70 Å². The van der Waals surface area contributed by atoms with Gasteiger partial charge in [-0.2, -0.15) is 0 Å². The summed E-state index contributed by atoms with van der Waals surface area (Å²) < 4.78 is 2.36. The molecule has 0 fully saturated rings. The number of rotatable bonds is 7. The lowest BCUT2D eigenvalue weighted by atomic mass is 10.3. The van der Waals surface area contributed by atoms with Crippen LogP contribution in [0.5, 0.6) is 0 Å². The molecule has 0 N–H and O–H groups in total. The number of hydrogen-bond donors (Lipinski definition) is 0. The molecule has 0 rings (SSSR count). The van der Waals surface area contributed by atoms with Gasteiger partial charge in [-0.05, 0) is 48.3 Å². The van der Waals surface area contributed by atoms with Crippen LogP contribution >= 0.6 is 0 Å². The van der Waals surface area contributed by atoms with E-state index in [9.17, 15) is 0 Å². The highest BCUT2D eigenvalue weighted by atomic mass is 19.0. The molecule has 21 heavy (non-hydrogen) atoms. The molecule has 3 nitrogen and oxygen atoms in total. The normalized spacial score (nSPS) is 10.6. The second kappa shape index (κ2) is 16.0. The van der Waals surface area contributed by atoms with Crippen molar-refractivity contribution in [1.29, 1.82) is 0 Å². The summed E-state index contributed by atoms with van der Waals surface area (Å²) in [6.45, 7) is 17.8. The Morgan fingerprint density at radius 2 is 1.10 bits per heavy atom. The van der Waals surface area contributed by atoms with E-state index in [-0.39, 0.29) is 14.1 Å². The Morgan fingerprint density at radius 3 is 1.24 bits per heavy atom. The summed E-state index contributed by atoms with van der Waals surface area (Å²) in [4.78, 5) is 2.01. The molecule has 1 radical (unpaired) electrons. The molecule has 0 aromatic rings. The third kappa shape index (κ3) is 19.7. The average Bonchev–Trinajstić information content (AvgIpc) is 2.31. The van der Waals surface area contributed by atoms with Crippen molar-refractivity contribution in [3.8, 4) is 0 Å². The standard InChI is InChI=1S/C11H28N2.C4H10N.3FH/c1-7-13(8-2,9-3)11-10-12(4,5)6;1-4-5(2)3;;;/h7-11H2,1-6H3;1,4H2,2-3H3;3*1H/q+2;;;;/p-2. The minimum Gasteiger partial charge on any atom is -1.00 e. The minimum atomic E-state index is 0. The zero-order valence-corrected chi connectivity index (χ0v) is 15.5. The van der Waals surface area contributed by atoms with Crippen LogP contribution in [0.1, 0.15) is 20.8 Å². The largest absolute Gasteiger partial charge is 1.00 e. The molecular weight excluding hydrogens is 279 g/mol. The van der Waals surface area contributed by atoms with Crippen LogP contribution in [0.25, 0.3) is 0 Å². The van der Waals surface area contributed by atoms with Crippen LogP contribution in [0.2, 0.25) is 0 Å². The van der Waals surface area contributed by atoms with Crippen LogP contribution < -0.4 is 9.41 Å². The molecule has 135 valence electrons. The lowest BCUT2D eigenvalue weighted by Gasteiger charge is -2.38. The lowest BCUT2D eigenvalue weighted by molar-refractivity contribution is -0.957. The van der Waals surface area contributed by atoms with Gasteiger partial charge in [0, 0.05) is 0 Å². The minimum absolute atomic E-state index is 0. The van der Waals surface area contributed by atoms with Crippen molar-refractivity contribution >= 4 is 0 Å². The number of nitrogens with zero attached hydrogens (tertiary/aromatic N) is 3. The van der Waals surface area contributed by atoms with Crippen molar-refractivity contribution < 1.29 is 23.1 Å². The van der Waals surface area contributed by atoms with Gasteiger partial charge < -0.3 is 23.3 Å². The molecule has 0 aromatic heterocycles. The van der Waals surface area contributed by atoms with E-state index >= 15 is 0 Å². The first-order valence-electron chi connectivity index (χ1n) is 7.25. The number of halogens is 3. The Hall–Kier alpha value is -0.330. The molecule has 0 amide bonds. The molecule has 0 bridgehead atoms. The summed E-state index contributed by atoms with van der Waals surface area (Å²) in [5.74, 6) is 0. The van der Waals surface area contributed by atoms with Crippen molar-refractivity contribution in [2.24, 2.45) is 0 Å². The molecular formula is C15H39F3N3. The third-order valence-corrected chi connectivity index (χ3v) is 3.70. The Kier molecular flexibility index (Phi) is 24.9. The summed E-state index contributed by atoms with van der Waals surface area (Å²) in [6.07, 6.45) is 0. The molecule has 6 heteroatoms. The average molecular weight is 318 g/mol. The molecule has 0 saturated carbocycles. The first-order valence-corrected chi connectivity index (χ1v) is 7.25. The van der Waals surface area contributed by atoms with Crippen molar-refractivity contribution in [3.05, 3.63) is 6.92 Å². The maximum absolute atomic E-state index is 3.61. The van der Waals surface area contributed by atoms with Gasteiger partial charge in [0.2, 0.25) is 0 Å². The Labute approximate surface area is 131 Å². The Bertz CT molecular complexity index is 183. The van der Waals surface area contributed by atoms with Gasteiger partial charge in [-0.3, -0.25) is 4.70 Å². The van der Waals surface area contributed by atoms with E-state index in [1.807, 2.05) is 19.0 Å². The summed E-state index contributed by atoms with van der Waals surface area (Å²) >= 11 is 0. The molecule has 0 unspecified atom stereocenters. The monoisotopic (exact) mass is 318 g/mol. The van der Waals surface area contributed by atoms with Gasteiger partial charge in [0.05, 0.1) is 40.8 Å². The zero-order valence-electron chi connectivity index (χ0n) is 15.5. The maximum atomic E-state index is 3.61. The highest BCUT2D eigenvalue weighted by Gasteiger charge is 2.23. The number of likely N-dealkylation sites (N-methyl/N-ethyl adjacent to an activating group) is 2. The quantitative estimate of drug-likeness (QED) is 0.434. The number of quaternary nitrogens is 2. The second-order valence-electron chi connectivity index (χ2n) is 6.33. The van der Waals surface area contributed by atoms with Gasteiger partial charge in [0.1, 0.15) is 13.1 Å². The predicted molar refractivity (Wildman–Crippen MR) is 86.1 cm³/mol. The first-order chi connectivity index (χ1) is 8.16. The van der Waals surface area contributed by atoms with Gasteiger partial charge in [-0.15, -0.1) is 0 Å². The van der Waals surface area contributed by atoms with E-state index in [0.717, 1.165) is 11.0 Å². The van der Waals surface area contributed by atoms with Gasteiger partial charge in [-0.25, -0.2) is 0 Å². The summed E-state index contributed by atoms with van der Waals surface area (Å²) in [6, 6.07) is 0. The highest BCUT2D eigenvalue weighted by Crippen LogP contribution is 2.06. The third-order valence-electron chi connectivity index (χ3n) is 3.70. The fourth-order valence-corrected chi connectivity index (χ4v) is 1.66. The van der Waals surface area contributed by atoms with Gasteiger partial charge in [-0.1, -0.05) is 0 Å². The molecule has 0 saturated heterocycles. The second-order valence-corrected chi connectivity index (χ2v) is 6.33. The fourth-order valence-electron chi connectivity index (χ4n) is 1.66. The SMILES string of the molecule is CC[N+](CC)(CC)CC[N+](C)(C)C.F.[CH2]CN(C)C.[F-].[F-]. The van der Waals surface area contributed by atoms with Crippen LogP contribution in [0.3, 0.4) is 0 Å². The van der Waals surface area contributed by atoms with E-state index < -0.39 is 0 Å². The van der Waals surface area contributed by atoms with Gasteiger partial charge in [0.25, 0.3) is 0 Å². The molecule has 0 aliphatic carbocycles. The fraction of sp³-hybridized carbons (Fsp3) is 0.933.